The lowest BCUT2D eigenvalue weighted by molar-refractivity contribution is 0.102. The molecule has 298 valence electrons. The highest BCUT2D eigenvalue weighted by molar-refractivity contribution is 6.15. The van der Waals surface area contributed by atoms with Crippen molar-refractivity contribution in [1.29, 1.82) is 0 Å². The molecule has 6 aromatic rings. The van der Waals surface area contributed by atoms with Gasteiger partial charge in [-0.25, -0.2) is 9.59 Å². The van der Waals surface area contributed by atoms with Crippen LogP contribution in [0, 0.1) is 13.8 Å². The predicted molar refractivity (Wildman–Crippen MR) is 208 cm³/mol. The molecule has 0 radical (unpaired) electrons. The van der Waals surface area contributed by atoms with Crippen molar-refractivity contribution in [2.45, 2.75) is 52.4 Å². The minimum Gasteiger partial charge on any atom is -0.508 e. The molecule has 2 heterocycles. The lowest BCUT2D eigenvalue weighted by Crippen LogP contribution is -2.21. The van der Waals surface area contributed by atoms with Crippen molar-refractivity contribution in [2.24, 2.45) is 0 Å². The van der Waals surface area contributed by atoms with E-state index in [1.165, 1.54) is 62.4 Å². The highest BCUT2D eigenvalue weighted by Crippen LogP contribution is 2.39. The summed E-state index contributed by atoms with van der Waals surface area (Å²) in [6.45, 7) is 4.72. The summed E-state index contributed by atoms with van der Waals surface area (Å²) in [6, 6.07) is 15.1. The molecule has 14 heteroatoms. The van der Waals surface area contributed by atoms with Crippen LogP contribution in [0.2, 0.25) is 0 Å². The molecule has 8 N–H and O–H groups in total. The number of rotatable bonds is 12. The number of hydrogen-bond acceptors (Lipinski definition) is 14. The Hall–Kier alpha value is -7.48. The number of phenols is 6. The lowest BCUT2D eigenvalue weighted by atomic mass is 9.87. The molecule has 0 unspecified atom stereocenters. The van der Waals surface area contributed by atoms with Gasteiger partial charge in [0, 0.05) is 43.0 Å². The molecule has 2 aromatic heterocycles. The average Bonchev–Trinajstić information content (AvgIpc) is 3.10. The van der Waals surface area contributed by atoms with Crippen LogP contribution in [0.5, 0.6) is 46.0 Å². The Kier molecular flexibility index (Phi) is 11.0. The largest absolute Gasteiger partial charge is 0.508 e. The Balaban J connectivity index is 1.34. The van der Waals surface area contributed by atoms with E-state index < -0.39 is 63.2 Å². The molecule has 0 bridgehead atoms. The zero-order chi connectivity index (χ0) is 42.2. The Morgan fingerprint density at radius 1 is 0.534 bits per heavy atom. The van der Waals surface area contributed by atoms with Crippen LogP contribution in [0.3, 0.4) is 0 Å². The SMILES string of the molecule is CCCC(c1c(O)cc(Cc2cccc(O)c2C(=O)c2c(C)cc(O)cc2O)oc1=O)c1c(O)cc(Cc2cccc(O)c2C(=O)c2c(C)cc(O)cc2O)oc1=O. The summed E-state index contributed by atoms with van der Waals surface area (Å²) < 4.78 is 11.2. The van der Waals surface area contributed by atoms with E-state index in [4.69, 9.17) is 8.83 Å². The van der Waals surface area contributed by atoms with E-state index in [-0.39, 0.29) is 97.9 Å². The van der Waals surface area contributed by atoms with Crippen LogP contribution in [0.1, 0.15) is 102 Å². The maximum Gasteiger partial charge on any atom is 0.343 e. The highest BCUT2D eigenvalue weighted by Gasteiger charge is 2.31. The second kappa shape index (κ2) is 15.9. The van der Waals surface area contributed by atoms with Gasteiger partial charge < -0.3 is 49.7 Å². The second-order valence-corrected chi connectivity index (χ2v) is 13.9. The summed E-state index contributed by atoms with van der Waals surface area (Å²) in [5.41, 5.74) is -2.84. The Morgan fingerprint density at radius 2 is 0.931 bits per heavy atom. The monoisotopic (exact) mass is 790 g/mol. The first-order valence-corrected chi connectivity index (χ1v) is 18.0. The zero-order valence-corrected chi connectivity index (χ0v) is 31.4. The number of hydrogen-bond donors (Lipinski definition) is 8. The molecule has 0 fully saturated rings. The number of benzene rings is 4. The number of carbonyl (C=O) groups excluding carboxylic acids is 2. The second-order valence-electron chi connectivity index (χ2n) is 13.9. The van der Waals surface area contributed by atoms with Gasteiger partial charge in [-0.15, -0.1) is 0 Å². The van der Waals surface area contributed by atoms with Gasteiger partial charge in [0.1, 0.15) is 57.5 Å². The minimum atomic E-state index is -1.22. The first-order chi connectivity index (χ1) is 27.5. The number of carbonyl (C=O) groups is 2. The van der Waals surface area contributed by atoms with Crippen molar-refractivity contribution >= 4 is 11.6 Å². The molecule has 14 nitrogen and oxygen atoms in total. The minimum absolute atomic E-state index is 0.0662. The van der Waals surface area contributed by atoms with E-state index in [1.807, 2.05) is 0 Å². The van der Waals surface area contributed by atoms with Crippen LogP contribution < -0.4 is 11.3 Å². The maximum absolute atomic E-state index is 13.6. The normalized spacial score (nSPS) is 11.2. The molecule has 0 saturated heterocycles. The van der Waals surface area contributed by atoms with E-state index in [0.29, 0.717) is 6.42 Å². The van der Waals surface area contributed by atoms with Crippen molar-refractivity contribution in [3.8, 4) is 46.0 Å². The molecular weight excluding hydrogens is 752 g/mol. The molecule has 0 saturated carbocycles. The molecule has 4 aromatic carbocycles. The van der Waals surface area contributed by atoms with Gasteiger partial charge in [0.25, 0.3) is 0 Å². The van der Waals surface area contributed by atoms with Crippen LogP contribution in [-0.2, 0) is 12.8 Å². The molecule has 0 aliphatic carbocycles. The highest BCUT2D eigenvalue weighted by atomic mass is 16.4. The smallest absolute Gasteiger partial charge is 0.343 e. The number of aryl methyl sites for hydroxylation is 2. The molecule has 0 aliphatic heterocycles. The molecule has 0 spiro atoms. The fourth-order valence-corrected chi connectivity index (χ4v) is 7.32. The number of ketones is 2. The quantitative estimate of drug-likeness (QED) is 0.0622. The van der Waals surface area contributed by atoms with E-state index >= 15 is 0 Å². The van der Waals surface area contributed by atoms with Gasteiger partial charge in [0.15, 0.2) is 0 Å². The van der Waals surface area contributed by atoms with Crippen molar-refractivity contribution in [3.63, 3.8) is 0 Å². The van der Waals surface area contributed by atoms with Crippen molar-refractivity contribution in [2.75, 3.05) is 0 Å². The summed E-state index contributed by atoms with van der Waals surface area (Å²) in [6.07, 6.45) is -0.149. The summed E-state index contributed by atoms with van der Waals surface area (Å²) in [5, 5.41) is 84.6. The zero-order valence-electron chi connectivity index (χ0n) is 31.4. The van der Waals surface area contributed by atoms with Gasteiger partial charge in [0.05, 0.1) is 33.4 Å². The first kappa shape index (κ1) is 40.2. The predicted octanol–water partition coefficient (Wildman–Crippen LogP) is 6.43. The third kappa shape index (κ3) is 7.67. The summed E-state index contributed by atoms with van der Waals surface area (Å²) in [7, 11) is 0. The first-order valence-electron chi connectivity index (χ1n) is 18.0. The van der Waals surface area contributed by atoms with Gasteiger partial charge in [-0.1, -0.05) is 37.6 Å². The Labute approximate surface area is 329 Å². The van der Waals surface area contributed by atoms with Crippen LogP contribution >= 0.6 is 0 Å². The third-order valence-electron chi connectivity index (χ3n) is 9.80. The topological polar surface area (TPSA) is 256 Å². The lowest BCUT2D eigenvalue weighted by Gasteiger charge is -2.18. The van der Waals surface area contributed by atoms with Gasteiger partial charge in [-0.3, -0.25) is 9.59 Å². The molecule has 6 rings (SSSR count). The number of aromatic hydroxyl groups is 8. The summed E-state index contributed by atoms with van der Waals surface area (Å²) >= 11 is 0. The molecule has 0 amide bonds. The van der Waals surface area contributed by atoms with Crippen LogP contribution in [0.25, 0.3) is 0 Å². The van der Waals surface area contributed by atoms with Crippen molar-refractivity contribution in [1.82, 2.24) is 0 Å². The Morgan fingerprint density at radius 3 is 1.28 bits per heavy atom. The summed E-state index contributed by atoms with van der Waals surface area (Å²) in [4.78, 5) is 54.5. The van der Waals surface area contributed by atoms with Gasteiger partial charge in [0.2, 0.25) is 11.6 Å². The summed E-state index contributed by atoms with van der Waals surface area (Å²) in [5.74, 6) is -6.70. The maximum atomic E-state index is 13.6. The molecular formula is C44H38O14. The van der Waals surface area contributed by atoms with E-state index in [2.05, 4.69) is 0 Å². The molecule has 0 aliphatic rings. The van der Waals surface area contributed by atoms with Crippen LogP contribution in [-0.4, -0.2) is 52.4 Å². The Bertz CT molecular complexity index is 2510. The van der Waals surface area contributed by atoms with E-state index in [9.17, 15) is 60.0 Å². The number of phenolic OH excluding ortho intramolecular Hbond substituents is 6. The average molecular weight is 791 g/mol. The van der Waals surface area contributed by atoms with Crippen LogP contribution in [0.15, 0.2) is 91.2 Å². The third-order valence-corrected chi connectivity index (χ3v) is 9.80. The van der Waals surface area contributed by atoms with E-state index in [0.717, 1.165) is 24.3 Å². The van der Waals surface area contributed by atoms with Crippen molar-refractivity contribution in [3.05, 3.63) is 161 Å². The fourth-order valence-electron chi connectivity index (χ4n) is 7.32. The van der Waals surface area contributed by atoms with Gasteiger partial charge >= 0.3 is 11.3 Å². The van der Waals surface area contributed by atoms with E-state index in [1.54, 1.807) is 6.92 Å². The van der Waals surface area contributed by atoms with Gasteiger partial charge in [-0.2, -0.15) is 0 Å². The van der Waals surface area contributed by atoms with Crippen molar-refractivity contribution < 1.29 is 59.3 Å². The standard InChI is InChI=1S/C44H38O14/c1-4-7-28(39-33(51)18-26(57-43(39)55)14-22-8-5-10-29(47)37(22)41(53)35-20(2)12-24(45)16-31(35)49)40-34(52)19-27(58-44(40)56)15-23-9-6-11-30(48)38(23)42(54)36-21(3)13-25(46)17-32(36)50/h5-6,8-13,16-19,28,45-52H,4,7,14-15H2,1-3H3. The van der Waals surface area contributed by atoms with Crippen LogP contribution in [0.4, 0.5) is 0 Å². The van der Waals surface area contributed by atoms with Gasteiger partial charge in [-0.05, 0) is 66.8 Å². The fraction of sp³-hybridized carbons (Fsp3) is 0.182. The molecule has 58 heavy (non-hydrogen) atoms. The molecule has 0 atom stereocenters.